The fourth-order valence-corrected chi connectivity index (χ4v) is 2.50. The minimum atomic E-state index is -0.0851. The van der Waals surface area contributed by atoms with E-state index in [1.807, 2.05) is 12.1 Å². The summed E-state index contributed by atoms with van der Waals surface area (Å²) in [7, 11) is 1.73. The lowest BCUT2D eigenvalue weighted by molar-refractivity contribution is 0.0796. The lowest BCUT2D eigenvalue weighted by atomic mass is 10.2. The first kappa shape index (κ1) is 17.5. The Balaban J connectivity index is 1.60. The smallest absolute Gasteiger partial charge is 0.257 e. The predicted octanol–water partition coefficient (Wildman–Crippen LogP) is 4.36. The fourth-order valence-electron chi connectivity index (χ4n) is 2.25. The Morgan fingerprint density at radius 3 is 2.28 bits per heavy atom. The zero-order valence-electron chi connectivity index (χ0n) is 13.4. The average molecular weight is 376 g/mol. The second kappa shape index (κ2) is 7.68. The van der Waals surface area contributed by atoms with Crippen LogP contribution in [0, 0.1) is 0 Å². The molecule has 3 aromatic rings. The number of rotatable bonds is 5. The van der Waals surface area contributed by atoms with Crippen molar-refractivity contribution in [3.05, 3.63) is 70.0 Å². The summed E-state index contributed by atoms with van der Waals surface area (Å²) in [5.41, 5.74) is 1.38. The van der Waals surface area contributed by atoms with Crippen LogP contribution in [0.4, 0.5) is 0 Å². The van der Waals surface area contributed by atoms with Crippen molar-refractivity contribution >= 4 is 29.1 Å². The summed E-state index contributed by atoms with van der Waals surface area (Å²) < 4.78 is 5.26. The van der Waals surface area contributed by atoms with Gasteiger partial charge in [-0.1, -0.05) is 28.4 Å². The van der Waals surface area contributed by atoms with Gasteiger partial charge in [-0.15, -0.1) is 0 Å². The summed E-state index contributed by atoms with van der Waals surface area (Å²) in [5, 5.41) is 5.20. The highest BCUT2D eigenvalue weighted by atomic mass is 35.5. The second-order valence-corrected chi connectivity index (χ2v) is 6.38. The molecule has 0 atom stereocenters. The molecule has 0 saturated carbocycles. The first-order chi connectivity index (χ1) is 12.0. The monoisotopic (exact) mass is 375 g/mol. The lowest BCUT2D eigenvalue weighted by Gasteiger charge is -2.16. The number of halogens is 2. The molecule has 7 heteroatoms. The van der Waals surface area contributed by atoms with E-state index in [1.54, 1.807) is 48.3 Å². The van der Waals surface area contributed by atoms with Crippen LogP contribution in [0.25, 0.3) is 11.5 Å². The summed E-state index contributed by atoms with van der Waals surface area (Å²) in [6.07, 6.45) is 0.493. The largest absolute Gasteiger partial charge is 0.341 e. The number of hydrogen-bond donors (Lipinski definition) is 0. The molecule has 0 aliphatic rings. The van der Waals surface area contributed by atoms with Crippen LogP contribution >= 0.6 is 23.2 Å². The first-order valence-electron chi connectivity index (χ1n) is 7.62. The Bertz CT molecular complexity index is 861. The Hall–Kier alpha value is -2.37. The van der Waals surface area contributed by atoms with Crippen molar-refractivity contribution in [2.45, 2.75) is 6.42 Å². The van der Waals surface area contributed by atoms with Crippen LogP contribution in [0.1, 0.15) is 16.2 Å². The van der Waals surface area contributed by atoms with Crippen LogP contribution < -0.4 is 0 Å². The van der Waals surface area contributed by atoms with Gasteiger partial charge in [0.2, 0.25) is 0 Å². The number of carbonyl (C=O) groups is 1. The van der Waals surface area contributed by atoms with Gasteiger partial charge in [-0.05, 0) is 48.5 Å². The summed E-state index contributed by atoms with van der Waals surface area (Å²) in [6, 6.07) is 14.0. The maximum Gasteiger partial charge on any atom is 0.257 e. The van der Waals surface area contributed by atoms with E-state index in [-0.39, 0.29) is 5.91 Å². The maximum absolute atomic E-state index is 12.3. The number of nitrogens with zero attached hydrogens (tertiary/aromatic N) is 3. The summed E-state index contributed by atoms with van der Waals surface area (Å²) in [4.78, 5) is 18.3. The van der Waals surface area contributed by atoms with Crippen LogP contribution in [-0.4, -0.2) is 34.5 Å². The molecular formula is C18H15Cl2N3O2. The third-order valence-electron chi connectivity index (χ3n) is 3.67. The van der Waals surface area contributed by atoms with Crippen LogP contribution in [0.3, 0.4) is 0 Å². The first-order valence-corrected chi connectivity index (χ1v) is 8.38. The van der Waals surface area contributed by atoms with Gasteiger partial charge in [0, 0.05) is 41.2 Å². The summed E-state index contributed by atoms with van der Waals surface area (Å²) in [5.74, 6) is 0.886. The standard InChI is InChI=1S/C18H15Cl2N3O2/c1-23(18(24)13-4-8-15(20)9-5-13)11-10-16-21-17(25-22-16)12-2-6-14(19)7-3-12/h2-9H,10-11H2,1H3. The van der Waals surface area contributed by atoms with Gasteiger partial charge in [0.1, 0.15) is 0 Å². The molecular weight excluding hydrogens is 361 g/mol. The molecule has 0 N–H and O–H groups in total. The molecule has 1 amide bonds. The molecule has 128 valence electrons. The van der Waals surface area contributed by atoms with Gasteiger partial charge >= 0.3 is 0 Å². The number of likely N-dealkylation sites (N-methyl/N-ethyl adjacent to an activating group) is 1. The number of benzene rings is 2. The van der Waals surface area contributed by atoms with Crippen molar-refractivity contribution in [1.29, 1.82) is 0 Å². The molecule has 5 nitrogen and oxygen atoms in total. The van der Waals surface area contributed by atoms with Crippen molar-refractivity contribution in [2.75, 3.05) is 13.6 Å². The molecule has 1 heterocycles. The maximum atomic E-state index is 12.3. The minimum Gasteiger partial charge on any atom is -0.341 e. The van der Waals surface area contributed by atoms with Crippen LogP contribution in [-0.2, 0) is 6.42 Å². The third kappa shape index (κ3) is 4.38. The molecule has 0 saturated heterocycles. The zero-order chi connectivity index (χ0) is 17.8. The van der Waals surface area contributed by atoms with Crippen LogP contribution in [0.2, 0.25) is 10.0 Å². The predicted molar refractivity (Wildman–Crippen MR) is 96.9 cm³/mol. The van der Waals surface area contributed by atoms with E-state index in [0.717, 1.165) is 5.56 Å². The number of aromatic nitrogens is 2. The number of hydrogen-bond acceptors (Lipinski definition) is 4. The Morgan fingerprint density at radius 2 is 1.64 bits per heavy atom. The summed E-state index contributed by atoms with van der Waals surface area (Å²) >= 11 is 11.7. The number of amides is 1. The van der Waals surface area contributed by atoms with Gasteiger partial charge in [-0.3, -0.25) is 4.79 Å². The molecule has 25 heavy (non-hydrogen) atoms. The molecule has 0 radical (unpaired) electrons. The molecule has 0 unspecified atom stereocenters. The molecule has 0 aliphatic carbocycles. The fraction of sp³-hybridized carbons (Fsp3) is 0.167. The van der Waals surface area contributed by atoms with Crippen molar-refractivity contribution in [3.8, 4) is 11.5 Å². The van der Waals surface area contributed by atoms with Gasteiger partial charge in [-0.2, -0.15) is 4.98 Å². The lowest BCUT2D eigenvalue weighted by Crippen LogP contribution is -2.29. The highest BCUT2D eigenvalue weighted by Crippen LogP contribution is 2.20. The number of carbonyl (C=O) groups excluding carboxylic acids is 1. The van der Waals surface area contributed by atoms with E-state index in [2.05, 4.69) is 10.1 Å². The van der Waals surface area contributed by atoms with Gasteiger partial charge in [-0.25, -0.2) is 0 Å². The van der Waals surface area contributed by atoms with Gasteiger partial charge < -0.3 is 9.42 Å². The Kier molecular flexibility index (Phi) is 5.36. The Morgan fingerprint density at radius 1 is 1.04 bits per heavy atom. The van der Waals surface area contributed by atoms with Crippen molar-refractivity contribution in [3.63, 3.8) is 0 Å². The molecule has 0 bridgehead atoms. The van der Waals surface area contributed by atoms with Crippen molar-refractivity contribution < 1.29 is 9.32 Å². The van der Waals surface area contributed by atoms with E-state index in [4.69, 9.17) is 27.7 Å². The van der Waals surface area contributed by atoms with Crippen LogP contribution in [0.5, 0.6) is 0 Å². The molecule has 1 aromatic heterocycles. The summed E-state index contributed by atoms with van der Waals surface area (Å²) in [6.45, 7) is 0.473. The highest BCUT2D eigenvalue weighted by Gasteiger charge is 2.14. The van der Waals surface area contributed by atoms with Crippen LogP contribution in [0.15, 0.2) is 53.1 Å². The highest BCUT2D eigenvalue weighted by molar-refractivity contribution is 6.30. The van der Waals surface area contributed by atoms with Gasteiger partial charge in [0.05, 0.1) is 0 Å². The zero-order valence-corrected chi connectivity index (χ0v) is 15.0. The van der Waals surface area contributed by atoms with Gasteiger partial charge in [0.25, 0.3) is 11.8 Å². The van der Waals surface area contributed by atoms with Gasteiger partial charge in [0.15, 0.2) is 5.82 Å². The Labute approximate surface area is 155 Å². The third-order valence-corrected chi connectivity index (χ3v) is 4.17. The van der Waals surface area contributed by atoms with Crippen molar-refractivity contribution in [2.24, 2.45) is 0 Å². The molecule has 0 fully saturated rings. The molecule has 3 rings (SSSR count). The topological polar surface area (TPSA) is 59.2 Å². The van der Waals surface area contributed by atoms with E-state index < -0.39 is 0 Å². The van der Waals surface area contributed by atoms with E-state index in [0.29, 0.717) is 40.3 Å². The van der Waals surface area contributed by atoms with Crippen molar-refractivity contribution in [1.82, 2.24) is 15.0 Å². The normalized spacial score (nSPS) is 10.7. The van der Waals surface area contributed by atoms with E-state index in [9.17, 15) is 4.79 Å². The minimum absolute atomic E-state index is 0.0851. The second-order valence-electron chi connectivity index (χ2n) is 5.51. The SMILES string of the molecule is CN(CCc1noc(-c2ccc(Cl)cc2)n1)C(=O)c1ccc(Cl)cc1. The molecule has 0 spiro atoms. The van der Waals surface area contributed by atoms with E-state index >= 15 is 0 Å². The van der Waals surface area contributed by atoms with E-state index in [1.165, 1.54) is 0 Å². The quantitative estimate of drug-likeness (QED) is 0.664. The average Bonchev–Trinajstić information content (AvgIpc) is 3.09. The molecule has 0 aliphatic heterocycles. The molecule has 2 aromatic carbocycles.